The molecule has 3 aromatic rings. The van der Waals surface area contributed by atoms with Gasteiger partial charge in [0.1, 0.15) is 11.0 Å². The monoisotopic (exact) mass is 512 g/mol. The van der Waals surface area contributed by atoms with Gasteiger partial charge in [-0.15, -0.1) is 0 Å². The van der Waals surface area contributed by atoms with E-state index in [9.17, 15) is 9.59 Å². The van der Waals surface area contributed by atoms with Crippen LogP contribution in [0, 0.1) is 6.92 Å². The summed E-state index contributed by atoms with van der Waals surface area (Å²) in [7, 11) is 0. The Morgan fingerprint density at radius 1 is 1.05 bits per heavy atom. The average Bonchev–Trinajstić information content (AvgIpc) is 3.50. The second-order valence-electron chi connectivity index (χ2n) is 8.94. The number of nitrogens with one attached hydrogen (secondary N) is 1. The number of aryl methyl sites for hydroxylation is 1. The van der Waals surface area contributed by atoms with E-state index in [1.165, 1.54) is 17.3 Å². The second-order valence-corrected chi connectivity index (χ2v) is 10.1. The van der Waals surface area contributed by atoms with Crippen LogP contribution in [-0.2, 0) is 9.59 Å². The summed E-state index contributed by atoms with van der Waals surface area (Å²) in [4.78, 5) is 29.8. The fourth-order valence-electron chi connectivity index (χ4n) is 4.33. The number of carbonyl (C=O) groups is 2. The number of amides is 2. The summed E-state index contributed by atoms with van der Waals surface area (Å²) in [5.41, 5.74) is 4.94. The maximum absolute atomic E-state index is 12.8. The van der Waals surface area contributed by atoms with E-state index in [-0.39, 0.29) is 24.3 Å². The van der Waals surface area contributed by atoms with Crippen molar-refractivity contribution >= 4 is 40.1 Å². The topological polar surface area (TPSA) is 83.4 Å². The third-order valence-corrected chi connectivity index (χ3v) is 7.37. The summed E-state index contributed by atoms with van der Waals surface area (Å²) in [6, 6.07) is 25.5. The SMILES string of the molecule is CCOc1ccc(NC(=O)C[C@H]2SC(N3N=C(c4ccc(C)cc4)C[C@H]3c3ccccc3)=NC2=O)cc1. The second kappa shape index (κ2) is 11.0. The number of hydrogen-bond donors (Lipinski definition) is 1. The van der Waals surface area contributed by atoms with Gasteiger partial charge in [0.25, 0.3) is 5.91 Å². The van der Waals surface area contributed by atoms with Gasteiger partial charge in [0.05, 0.1) is 18.4 Å². The normalized spacial score (nSPS) is 19.0. The third kappa shape index (κ3) is 5.75. The predicted octanol–water partition coefficient (Wildman–Crippen LogP) is 5.57. The predicted molar refractivity (Wildman–Crippen MR) is 148 cm³/mol. The summed E-state index contributed by atoms with van der Waals surface area (Å²) >= 11 is 1.30. The summed E-state index contributed by atoms with van der Waals surface area (Å²) in [6.45, 7) is 4.55. The van der Waals surface area contributed by atoms with E-state index in [0.717, 1.165) is 22.6 Å². The van der Waals surface area contributed by atoms with E-state index in [1.54, 1.807) is 24.3 Å². The zero-order chi connectivity index (χ0) is 25.8. The van der Waals surface area contributed by atoms with Crippen molar-refractivity contribution in [1.29, 1.82) is 0 Å². The van der Waals surface area contributed by atoms with Crippen molar-refractivity contribution in [1.82, 2.24) is 5.01 Å². The Morgan fingerprint density at radius 2 is 1.78 bits per heavy atom. The molecule has 2 heterocycles. The van der Waals surface area contributed by atoms with Gasteiger partial charge >= 0.3 is 0 Å². The number of hydrazone groups is 1. The molecule has 7 nitrogen and oxygen atoms in total. The van der Waals surface area contributed by atoms with E-state index in [0.29, 0.717) is 23.9 Å². The highest BCUT2D eigenvalue weighted by Crippen LogP contribution is 2.38. The van der Waals surface area contributed by atoms with Crippen molar-refractivity contribution in [3.63, 3.8) is 0 Å². The molecule has 0 bridgehead atoms. The molecular formula is C29H28N4O3S. The fraction of sp³-hybridized carbons (Fsp3) is 0.241. The van der Waals surface area contributed by atoms with Gasteiger partial charge in [-0.05, 0) is 49.2 Å². The number of anilines is 1. The Balaban J connectivity index is 1.30. The molecule has 8 heteroatoms. The van der Waals surface area contributed by atoms with E-state index in [2.05, 4.69) is 53.6 Å². The molecule has 0 saturated carbocycles. The standard InChI is InChI=1S/C29H28N4O3S/c1-3-36-23-15-13-22(14-16-23)30-27(34)18-26-28(35)31-29(37-26)33-25(21-7-5-4-6-8-21)17-24(32-33)20-11-9-19(2)10-12-20/h4-16,25-26H,3,17-18H2,1-2H3,(H,30,34)/t25-,26+/m0/s1. The van der Waals surface area contributed by atoms with Crippen LogP contribution in [0.5, 0.6) is 5.75 Å². The molecule has 0 fully saturated rings. The zero-order valence-electron chi connectivity index (χ0n) is 20.8. The Hall–Kier alpha value is -3.91. The van der Waals surface area contributed by atoms with Crippen molar-refractivity contribution < 1.29 is 14.3 Å². The quantitative estimate of drug-likeness (QED) is 0.447. The maximum atomic E-state index is 12.8. The molecule has 3 aromatic carbocycles. The van der Waals surface area contributed by atoms with Crippen LogP contribution in [0.2, 0.25) is 0 Å². The van der Waals surface area contributed by atoms with Crippen molar-refractivity contribution in [2.75, 3.05) is 11.9 Å². The lowest BCUT2D eigenvalue weighted by molar-refractivity contribution is -0.121. The van der Waals surface area contributed by atoms with E-state index in [1.807, 2.05) is 30.1 Å². The van der Waals surface area contributed by atoms with Gasteiger partial charge in [-0.2, -0.15) is 10.1 Å². The molecule has 0 saturated heterocycles. The molecule has 2 aliphatic rings. The van der Waals surface area contributed by atoms with Crippen LogP contribution < -0.4 is 10.1 Å². The van der Waals surface area contributed by atoms with Gasteiger partial charge < -0.3 is 10.1 Å². The number of ether oxygens (including phenoxy) is 1. The van der Waals surface area contributed by atoms with Crippen LogP contribution in [0.1, 0.15) is 42.5 Å². The molecule has 0 spiro atoms. The summed E-state index contributed by atoms with van der Waals surface area (Å²) in [5, 5.41) is 9.54. The van der Waals surface area contributed by atoms with Crippen LogP contribution >= 0.6 is 11.8 Å². The van der Waals surface area contributed by atoms with Crippen molar-refractivity contribution in [2.45, 2.75) is 38.0 Å². The molecule has 2 aliphatic heterocycles. The molecule has 0 aliphatic carbocycles. The molecule has 0 radical (unpaired) electrons. The lowest BCUT2D eigenvalue weighted by Gasteiger charge is -2.23. The number of amidine groups is 1. The first-order chi connectivity index (χ1) is 18.0. The number of rotatable bonds is 7. The number of hydrogen-bond acceptors (Lipinski definition) is 6. The van der Waals surface area contributed by atoms with E-state index >= 15 is 0 Å². The van der Waals surface area contributed by atoms with Gasteiger partial charge in [0.2, 0.25) is 5.91 Å². The lowest BCUT2D eigenvalue weighted by atomic mass is 9.98. The Kier molecular flexibility index (Phi) is 7.37. The largest absolute Gasteiger partial charge is 0.494 e. The Morgan fingerprint density at radius 3 is 2.49 bits per heavy atom. The molecule has 5 rings (SSSR count). The summed E-state index contributed by atoms with van der Waals surface area (Å²) < 4.78 is 5.44. The highest BCUT2D eigenvalue weighted by molar-refractivity contribution is 8.15. The zero-order valence-corrected chi connectivity index (χ0v) is 21.6. The van der Waals surface area contributed by atoms with Crippen molar-refractivity contribution in [3.8, 4) is 5.75 Å². The molecule has 2 amide bonds. The number of carbonyl (C=O) groups excluding carboxylic acids is 2. The molecule has 2 atom stereocenters. The van der Waals surface area contributed by atoms with E-state index in [4.69, 9.17) is 9.84 Å². The average molecular weight is 513 g/mol. The van der Waals surface area contributed by atoms with E-state index < -0.39 is 5.25 Å². The molecular weight excluding hydrogens is 484 g/mol. The van der Waals surface area contributed by atoms with Crippen LogP contribution in [0.15, 0.2) is 89.0 Å². The van der Waals surface area contributed by atoms with Gasteiger partial charge in [0.15, 0.2) is 5.17 Å². The first kappa shape index (κ1) is 24.8. The third-order valence-electron chi connectivity index (χ3n) is 6.22. The molecule has 1 N–H and O–H groups in total. The minimum Gasteiger partial charge on any atom is -0.494 e. The lowest BCUT2D eigenvalue weighted by Crippen LogP contribution is -2.25. The van der Waals surface area contributed by atoms with Gasteiger partial charge in [-0.25, -0.2) is 5.01 Å². The first-order valence-electron chi connectivity index (χ1n) is 12.3. The minimum absolute atomic E-state index is 0.0298. The van der Waals surface area contributed by atoms with Gasteiger partial charge in [-0.3, -0.25) is 9.59 Å². The fourth-order valence-corrected chi connectivity index (χ4v) is 5.39. The van der Waals surface area contributed by atoms with Gasteiger partial charge in [0, 0.05) is 18.5 Å². The highest BCUT2D eigenvalue weighted by Gasteiger charge is 2.39. The Labute approximate surface area is 220 Å². The smallest absolute Gasteiger partial charge is 0.262 e. The number of nitrogens with zero attached hydrogens (tertiary/aromatic N) is 3. The van der Waals surface area contributed by atoms with Crippen LogP contribution in [-0.4, -0.2) is 39.6 Å². The van der Waals surface area contributed by atoms with Crippen molar-refractivity contribution in [3.05, 3.63) is 95.6 Å². The summed E-state index contributed by atoms with van der Waals surface area (Å²) in [6.07, 6.45) is 0.728. The van der Waals surface area contributed by atoms with Crippen LogP contribution in [0.25, 0.3) is 0 Å². The maximum Gasteiger partial charge on any atom is 0.262 e. The highest BCUT2D eigenvalue weighted by atomic mass is 32.2. The summed E-state index contributed by atoms with van der Waals surface area (Å²) in [5.74, 6) is 0.188. The minimum atomic E-state index is -0.590. The van der Waals surface area contributed by atoms with Crippen molar-refractivity contribution in [2.24, 2.45) is 10.1 Å². The van der Waals surface area contributed by atoms with Crippen LogP contribution in [0.4, 0.5) is 5.69 Å². The number of thioether (sulfide) groups is 1. The number of aliphatic imine (C=N–C) groups is 1. The number of benzene rings is 3. The molecule has 188 valence electrons. The Bertz CT molecular complexity index is 1340. The molecule has 37 heavy (non-hydrogen) atoms. The first-order valence-corrected chi connectivity index (χ1v) is 13.2. The molecule has 0 unspecified atom stereocenters. The van der Waals surface area contributed by atoms with Crippen LogP contribution in [0.3, 0.4) is 0 Å². The molecule has 0 aromatic heterocycles. The van der Waals surface area contributed by atoms with Gasteiger partial charge in [-0.1, -0.05) is 71.9 Å².